The molecule has 0 bridgehead atoms. The maximum Gasteiger partial charge on any atom is 0.236 e. The van der Waals surface area contributed by atoms with Crippen molar-refractivity contribution < 1.29 is 4.79 Å². The lowest BCUT2D eigenvalue weighted by atomic mass is 10.1. The van der Waals surface area contributed by atoms with E-state index in [2.05, 4.69) is 24.8 Å². The summed E-state index contributed by atoms with van der Waals surface area (Å²) in [6, 6.07) is 0. The van der Waals surface area contributed by atoms with Crippen molar-refractivity contribution >= 4 is 17.8 Å². The molecule has 3 heterocycles. The van der Waals surface area contributed by atoms with Crippen LogP contribution in [0.3, 0.4) is 0 Å². The molecule has 0 aromatic carbocycles. The molecule has 0 radical (unpaired) electrons. The van der Waals surface area contributed by atoms with Crippen LogP contribution in [-0.4, -0.2) is 81.4 Å². The Kier molecular flexibility index (Phi) is 5.41. The third-order valence-corrected chi connectivity index (χ3v) is 4.61. The summed E-state index contributed by atoms with van der Waals surface area (Å²) >= 11 is 0. The quantitative estimate of drug-likeness (QED) is 0.732. The molecule has 0 spiro atoms. The largest absolute Gasteiger partial charge is 0.368 e. The first-order chi connectivity index (χ1) is 11.6. The van der Waals surface area contributed by atoms with Crippen LogP contribution in [0, 0.1) is 0 Å². The van der Waals surface area contributed by atoms with Gasteiger partial charge in [-0.2, -0.15) is 15.0 Å². The molecule has 24 heavy (non-hydrogen) atoms. The molecule has 4 N–H and O–H groups in total. The van der Waals surface area contributed by atoms with E-state index in [0.29, 0.717) is 18.9 Å². The molecule has 2 fully saturated rings. The zero-order valence-electron chi connectivity index (χ0n) is 14.0. The number of aromatic nitrogens is 3. The number of hydrogen-bond donors (Lipinski definition) is 2. The number of amides is 1. The molecule has 9 nitrogen and oxygen atoms in total. The summed E-state index contributed by atoms with van der Waals surface area (Å²) < 4.78 is 0. The maximum absolute atomic E-state index is 12.3. The predicted octanol–water partition coefficient (Wildman–Crippen LogP) is -0.834. The lowest BCUT2D eigenvalue weighted by molar-refractivity contribution is -0.133. The number of carbonyl (C=O) groups is 1. The van der Waals surface area contributed by atoms with E-state index in [9.17, 15) is 4.79 Å². The fourth-order valence-corrected chi connectivity index (χ4v) is 3.27. The lowest BCUT2D eigenvalue weighted by Crippen LogP contribution is -2.50. The molecule has 9 heteroatoms. The third kappa shape index (κ3) is 4.51. The van der Waals surface area contributed by atoms with Crippen molar-refractivity contribution in [1.82, 2.24) is 29.7 Å². The highest BCUT2D eigenvalue weighted by molar-refractivity contribution is 5.78. The van der Waals surface area contributed by atoms with Crippen LogP contribution in [0.1, 0.15) is 25.1 Å². The molecule has 1 amide bonds. The highest BCUT2D eigenvalue weighted by Crippen LogP contribution is 2.11. The number of likely N-dealkylation sites (tertiary alicyclic amines) is 1. The van der Waals surface area contributed by atoms with Crippen LogP contribution in [0.5, 0.6) is 0 Å². The summed E-state index contributed by atoms with van der Waals surface area (Å²) in [7, 11) is 0. The normalized spacial score (nSPS) is 20.2. The molecule has 0 unspecified atom stereocenters. The molecule has 1 aromatic rings. The highest BCUT2D eigenvalue weighted by Gasteiger charge is 2.23. The highest BCUT2D eigenvalue weighted by atomic mass is 16.2. The van der Waals surface area contributed by atoms with Gasteiger partial charge in [0.2, 0.25) is 17.8 Å². The van der Waals surface area contributed by atoms with Crippen LogP contribution in [0.15, 0.2) is 0 Å². The number of nitrogens with zero attached hydrogens (tertiary/aromatic N) is 6. The number of rotatable bonds is 4. The van der Waals surface area contributed by atoms with Gasteiger partial charge in [0, 0.05) is 39.3 Å². The standard InChI is InChI=1S/C15H26N8O/c16-14-18-12(19-15(17)20-14)10-21-6-8-22(9-7-21)11-13(24)23-4-2-1-3-5-23/h1-11H2,(H4,16,17,18,19,20). The minimum Gasteiger partial charge on any atom is -0.368 e. The number of piperidine rings is 1. The molecular formula is C15H26N8O. The number of hydrogen-bond acceptors (Lipinski definition) is 8. The zero-order valence-corrected chi connectivity index (χ0v) is 14.0. The number of nitrogens with two attached hydrogens (primary N) is 2. The summed E-state index contributed by atoms with van der Waals surface area (Å²) in [6.07, 6.45) is 3.52. The van der Waals surface area contributed by atoms with Crippen molar-refractivity contribution in [3.63, 3.8) is 0 Å². The van der Waals surface area contributed by atoms with Crippen LogP contribution in [0.4, 0.5) is 11.9 Å². The second-order valence-corrected chi connectivity index (χ2v) is 6.46. The van der Waals surface area contributed by atoms with Crippen LogP contribution in [-0.2, 0) is 11.3 Å². The Balaban J connectivity index is 1.44. The van der Waals surface area contributed by atoms with Gasteiger partial charge in [-0.15, -0.1) is 0 Å². The third-order valence-electron chi connectivity index (χ3n) is 4.61. The molecule has 2 saturated heterocycles. The minimum atomic E-state index is 0.156. The van der Waals surface area contributed by atoms with Crippen molar-refractivity contribution in [2.45, 2.75) is 25.8 Å². The number of carbonyl (C=O) groups excluding carboxylic acids is 1. The number of anilines is 2. The van der Waals surface area contributed by atoms with E-state index in [1.165, 1.54) is 6.42 Å². The number of nitrogen functional groups attached to an aromatic ring is 2. The molecule has 1 aromatic heterocycles. The van der Waals surface area contributed by atoms with Gasteiger partial charge in [-0.25, -0.2) is 0 Å². The first kappa shape index (κ1) is 16.8. The molecule has 0 aliphatic carbocycles. The van der Waals surface area contributed by atoms with Crippen molar-refractivity contribution in [3.05, 3.63) is 5.82 Å². The fourth-order valence-electron chi connectivity index (χ4n) is 3.27. The Hall–Kier alpha value is -2.00. The van der Waals surface area contributed by atoms with Gasteiger partial charge in [-0.3, -0.25) is 14.6 Å². The Morgan fingerprint density at radius 1 is 0.833 bits per heavy atom. The molecule has 132 valence electrons. The van der Waals surface area contributed by atoms with Crippen molar-refractivity contribution in [2.24, 2.45) is 0 Å². The second kappa shape index (κ2) is 7.71. The van der Waals surface area contributed by atoms with Gasteiger partial charge < -0.3 is 16.4 Å². The van der Waals surface area contributed by atoms with E-state index in [1.807, 2.05) is 4.90 Å². The van der Waals surface area contributed by atoms with Crippen LogP contribution >= 0.6 is 0 Å². The van der Waals surface area contributed by atoms with Gasteiger partial charge >= 0.3 is 0 Å². The second-order valence-electron chi connectivity index (χ2n) is 6.46. The van der Waals surface area contributed by atoms with Crippen LogP contribution in [0.2, 0.25) is 0 Å². The predicted molar refractivity (Wildman–Crippen MR) is 90.8 cm³/mol. The van der Waals surface area contributed by atoms with E-state index >= 15 is 0 Å². The first-order valence-corrected chi connectivity index (χ1v) is 8.58. The average molecular weight is 334 g/mol. The topological polar surface area (TPSA) is 117 Å². The zero-order chi connectivity index (χ0) is 16.9. The number of piperazine rings is 1. The Labute approximate surface area is 142 Å². The van der Waals surface area contributed by atoms with Gasteiger partial charge in [0.1, 0.15) is 5.82 Å². The monoisotopic (exact) mass is 334 g/mol. The average Bonchev–Trinajstić information content (AvgIpc) is 2.56. The van der Waals surface area contributed by atoms with Crippen molar-refractivity contribution in [3.8, 4) is 0 Å². The smallest absolute Gasteiger partial charge is 0.236 e. The lowest BCUT2D eigenvalue weighted by Gasteiger charge is -2.35. The molecule has 0 saturated carbocycles. The van der Waals surface area contributed by atoms with Gasteiger partial charge in [-0.05, 0) is 19.3 Å². The summed E-state index contributed by atoms with van der Waals surface area (Å²) in [6.45, 7) is 6.45. The SMILES string of the molecule is Nc1nc(N)nc(CN2CCN(CC(=O)N3CCCCC3)CC2)n1. The maximum atomic E-state index is 12.3. The van der Waals surface area contributed by atoms with Crippen LogP contribution < -0.4 is 11.5 Å². The summed E-state index contributed by atoms with van der Waals surface area (Å²) in [4.78, 5) is 30.8. The van der Waals surface area contributed by atoms with E-state index in [0.717, 1.165) is 52.1 Å². The van der Waals surface area contributed by atoms with Crippen LogP contribution in [0.25, 0.3) is 0 Å². The Morgan fingerprint density at radius 2 is 1.42 bits per heavy atom. The van der Waals surface area contributed by atoms with Gasteiger partial charge in [0.25, 0.3) is 0 Å². The fraction of sp³-hybridized carbons (Fsp3) is 0.733. The van der Waals surface area contributed by atoms with E-state index in [1.54, 1.807) is 0 Å². The summed E-state index contributed by atoms with van der Waals surface area (Å²) in [5.41, 5.74) is 11.2. The molecular weight excluding hydrogens is 308 g/mol. The minimum absolute atomic E-state index is 0.156. The Bertz CT molecular complexity index is 546. The Morgan fingerprint density at radius 3 is 2.04 bits per heavy atom. The molecule has 2 aliphatic rings. The van der Waals surface area contributed by atoms with E-state index in [4.69, 9.17) is 11.5 Å². The summed E-state index contributed by atoms with van der Waals surface area (Å²) in [5.74, 6) is 1.17. The van der Waals surface area contributed by atoms with E-state index in [-0.39, 0.29) is 17.8 Å². The van der Waals surface area contributed by atoms with E-state index < -0.39 is 0 Å². The molecule has 2 aliphatic heterocycles. The van der Waals surface area contributed by atoms with Crippen molar-refractivity contribution in [2.75, 3.05) is 57.3 Å². The molecule has 3 rings (SSSR count). The summed E-state index contributed by atoms with van der Waals surface area (Å²) in [5, 5.41) is 0. The van der Waals surface area contributed by atoms with Gasteiger partial charge in [-0.1, -0.05) is 0 Å². The van der Waals surface area contributed by atoms with Gasteiger partial charge in [0.15, 0.2) is 0 Å². The van der Waals surface area contributed by atoms with Crippen molar-refractivity contribution in [1.29, 1.82) is 0 Å². The molecule has 0 atom stereocenters. The van der Waals surface area contributed by atoms with Gasteiger partial charge in [0.05, 0.1) is 13.1 Å². The first-order valence-electron chi connectivity index (χ1n) is 8.58.